The van der Waals surface area contributed by atoms with E-state index >= 15 is 0 Å². The van der Waals surface area contributed by atoms with Gasteiger partial charge in [0.15, 0.2) is 6.04 Å². The second-order valence-electron chi connectivity index (χ2n) is 5.04. The molecule has 0 radical (unpaired) electrons. The van der Waals surface area contributed by atoms with Gasteiger partial charge >= 0.3 is 0 Å². The van der Waals surface area contributed by atoms with Crippen molar-refractivity contribution in [3.05, 3.63) is 42.5 Å². The molecular weight excluding hydrogens is 236 g/mol. The molecule has 0 fully saturated rings. The summed E-state index contributed by atoms with van der Waals surface area (Å²) < 4.78 is 0. The summed E-state index contributed by atoms with van der Waals surface area (Å²) in [6.45, 7) is 4.13. The molecule has 0 aliphatic heterocycles. The minimum absolute atomic E-state index is 0.00960. The van der Waals surface area contributed by atoms with Crippen LogP contribution in [0.4, 0.5) is 5.69 Å². The third kappa shape index (κ3) is 3.12. The second-order valence-corrected chi connectivity index (χ2v) is 5.04. The van der Waals surface area contributed by atoms with Crippen LogP contribution < -0.4 is 11.1 Å². The average molecular weight is 257 g/mol. The fourth-order valence-corrected chi connectivity index (χ4v) is 2.04. The molecule has 2 rings (SSSR count). The van der Waals surface area contributed by atoms with Crippen molar-refractivity contribution in [2.75, 3.05) is 5.32 Å². The van der Waals surface area contributed by atoms with Gasteiger partial charge in [-0.2, -0.15) is 0 Å². The molecular formula is C16H21N2O+. The fourth-order valence-electron chi connectivity index (χ4n) is 2.04. The van der Waals surface area contributed by atoms with Crippen LogP contribution in [0.25, 0.3) is 10.8 Å². The van der Waals surface area contributed by atoms with Crippen molar-refractivity contribution in [2.45, 2.75) is 26.3 Å². The van der Waals surface area contributed by atoms with Gasteiger partial charge < -0.3 is 11.1 Å². The highest BCUT2D eigenvalue weighted by atomic mass is 16.2. The number of hydrogen-bond donors (Lipinski definition) is 2. The first-order valence-corrected chi connectivity index (χ1v) is 6.74. The summed E-state index contributed by atoms with van der Waals surface area (Å²) in [7, 11) is 0. The molecule has 0 heterocycles. The zero-order valence-electron chi connectivity index (χ0n) is 11.5. The van der Waals surface area contributed by atoms with Crippen LogP contribution in [0.15, 0.2) is 42.5 Å². The molecule has 1 amide bonds. The summed E-state index contributed by atoms with van der Waals surface area (Å²) in [6, 6.07) is 13.8. The van der Waals surface area contributed by atoms with E-state index in [1.807, 2.05) is 36.4 Å². The van der Waals surface area contributed by atoms with Gasteiger partial charge in [0.1, 0.15) is 0 Å². The third-order valence-electron chi connectivity index (χ3n) is 3.68. The summed E-state index contributed by atoms with van der Waals surface area (Å²) in [5.41, 5.74) is 4.79. The summed E-state index contributed by atoms with van der Waals surface area (Å²) in [4.78, 5) is 12.1. The van der Waals surface area contributed by atoms with Gasteiger partial charge in [-0.15, -0.1) is 0 Å². The third-order valence-corrected chi connectivity index (χ3v) is 3.68. The normalized spacial score (nSPS) is 14.1. The van der Waals surface area contributed by atoms with E-state index in [1.165, 1.54) is 5.39 Å². The van der Waals surface area contributed by atoms with Gasteiger partial charge in [0.05, 0.1) is 0 Å². The average Bonchev–Trinajstić information content (AvgIpc) is 2.45. The summed E-state index contributed by atoms with van der Waals surface area (Å²) in [6.07, 6.45) is 0.958. The van der Waals surface area contributed by atoms with Gasteiger partial charge in [-0.05, 0) is 29.3 Å². The standard InChI is InChI=1S/C16H20N2O/c1-3-11(2)15(17)16(19)18-14-9-8-12-6-4-5-7-13(12)10-14/h4-11,15H,3,17H2,1-2H3,(H,18,19)/p+1/t11-,15-/m0/s1. The van der Waals surface area contributed by atoms with Crippen LogP contribution in [0.2, 0.25) is 0 Å². The van der Waals surface area contributed by atoms with E-state index in [0.29, 0.717) is 5.92 Å². The smallest absolute Gasteiger partial charge is 0.282 e. The molecule has 0 aromatic heterocycles. The van der Waals surface area contributed by atoms with E-state index in [4.69, 9.17) is 0 Å². The van der Waals surface area contributed by atoms with E-state index in [0.717, 1.165) is 17.5 Å². The first kappa shape index (κ1) is 13.6. The minimum atomic E-state index is -0.212. The molecule has 3 nitrogen and oxygen atoms in total. The number of hydrogen-bond acceptors (Lipinski definition) is 1. The van der Waals surface area contributed by atoms with Gasteiger partial charge in [-0.1, -0.05) is 44.2 Å². The first-order chi connectivity index (χ1) is 9.11. The SMILES string of the molecule is CC[C@H](C)[C@H]([NH3+])C(=O)Nc1ccc2ccccc2c1. The Morgan fingerprint density at radius 1 is 1.21 bits per heavy atom. The van der Waals surface area contributed by atoms with Crippen LogP contribution >= 0.6 is 0 Å². The number of nitrogens with one attached hydrogen (secondary N) is 1. The number of benzene rings is 2. The van der Waals surface area contributed by atoms with E-state index in [9.17, 15) is 4.79 Å². The van der Waals surface area contributed by atoms with Crippen molar-refractivity contribution >= 4 is 22.4 Å². The number of quaternary nitrogens is 1. The number of fused-ring (bicyclic) bond motifs is 1. The number of amides is 1. The molecule has 0 aliphatic rings. The Bertz CT molecular complexity index is 580. The molecule has 2 atom stereocenters. The van der Waals surface area contributed by atoms with Gasteiger partial charge in [-0.25, -0.2) is 0 Å². The summed E-state index contributed by atoms with van der Waals surface area (Å²) >= 11 is 0. The van der Waals surface area contributed by atoms with Crippen LogP contribution in [0, 0.1) is 5.92 Å². The Kier molecular flexibility index (Phi) is 4.17. The molecule has 2 aromatic carbocycles. The van der Waals surface area contributed by atoms with Crippen LogP contribution in [-0.2, 0) is 4.79 Å². The lowest BCUT2D eigenvalue weighted by Crippen LogP contribution is -2.69. The van der Waals surface area contributed by atoms with E-state index in [1.54, 1.807) is 0 Å². The fraction of sp³-hybridized carbons (Fsp3) is 0.312. The topological polar surface area (TPSA) is 56.7 Å². The maximum absolute atomic E-state index is 12.1. The predicted octanol–water partition coefficient (Wildman–Crippen LogP) is 2.43. The molecule has 4 N–H and O–H groups in total. The molecule has 0 unspecified atom stereocenters. The molecule has 100 valence electrons. The van der Waals surface area contributed by atoms with E-state index < -0.39 is 0 Å². The van der Waals surface area contributed by atoms with Crippen LogP contribution in [-0.4, -0.2) is 11.9 Å². The number of rotatable bonds is 4. The monoisotopic (exact) mass is 257 g/mol. The number of carbonyl (C=O) groups is 1. The van der Waals surface area contributed by atoms with Crippen LogP contribution in [0.3, 0.4) is 0 Å². The maximum Gasteiger partial charge on any atom is 0.282 e. The first-order valence-electron chi connectivity index (χ1n) is 6.74. The molecule has 0 spiro atoms. The number of anilines is 1. The summed E-state index contributed by atoms with van der Waals surface area (Å²) in [5.74, 6) is 0.282. The minimum Gasteiger partial charge on any atom is -0.347 e. The van der Waals surface area contributed by atoms with Gasteiger partial charge in [0.2, 0.25) is 0 Å². The van der Waals surface area contributed by atoms with Crippen LogP contribution in [0.1, 0.15) is 20.3 Å². The second kappa shape index (κ2) is 5.85. The molecule has 19 heavy (non-hydrogen) atoms. The Labute approximate surface area is 113 Å². The van der Waals surface area contributed by atoms with E-state index in [2.05, 4.69) is 31.0 Å². The van der Waals surface area contributed by atoms with Crippen molar-refractivity contribution in [1.82, 2.24) is 0 Å². The van der Waals surface area contributed by atoms with E-state index in [-0.39, 0.29) is 11.9 Å². The molecule has 0 saturated heterocycles. The van der Waals surface area contributed by atoms with Crippen molar-refractivity contribution in [1.29, 1.82) is 0 Å². The van der Waals surface area contributed by atoms with Gasteiger partial charge in [-0.3, -0.25) is 4.79 Å². The largest absolute Gasteiger partial charge is 0.347 e. The lowest BCUT2D eigenvalue weighted by atomic mass is 9.99. The molecule has 2 aromatic rings. The van der Waals surface area contributed by atoms with Crippen molar-refractivity contribution in [3.8, 4) is 0 Å². The Hall–Kier alpha value is -1.87. The lowest BCUT2D eigenvalue weighted by Gasteiger charge is -2.15. The van der Waals surface area contributed by atoms with Crippen molar-refractivity contribution in [3.63, 3.8) is 0 Å². The van der Waals surface area contributed by atoms with Gasteiger partial charge in [0, 0.05) is 11.6 Å². The highest BCUT2D eigenvalue weighted by molar-refractivity contribution is 5.96. The highest BCUT2D eigenvalue weighted by Crippen LogP contribution is 2.19. The van der Waals surface area contributed by atoms with Crippen molar-refractivity contribution in [2.24, 2.45) is 5.92 Å². The summed E-state index contributed by atoms with van der Waals surface area (Å²) in [5, 5.41) is 5.25. The zero-order chi connectivity index (χ0) is 13.8. The molecule has 3 heteroatoms. The highest BCUT2D eigenvalue weighted by Gasteiger charge is 2.23. The molecule has 0 bridgehead atoms. The zero-order valence-corrected chi connectivity index (χ0v) is 11.5. The lowest BCUT2D eigenvalue weighted by molar-refractivity contribution is -0.414. The van der Waals surface area contributed by atoms with Crippen molar-refractivity contribution < 1.29 is 10.5 Å². The maximum atomic E-state index is 12.1. The molecule has 0 aliphatic carbocycles. The quantitative estimate of drug-likeness (QED) is 0.868. The Balaban J connectivity index is 2.15. The predicted molar refractivity (Wildman–Crippen MR) is 78.7 cm³/mol. The van der Waals surface area contributed by atoms with Gasteiger partial charge in [0.25, 0.3) is 5.91 Å². The molecule has 0 saturated carbocycles. The van der Waals surface area contributed by atoms with Crippen LogP contribution in [0.5, 0.6) is 0 Å². The Morgan fingerprint density at radius 3 is 2.58 bits per heavy atom. The Morgan fingerprint density at radius 2 is 1.89 bits per heavy atom. The number of carbonyl (C=O) groups excluding carboxylic acids is 1.